The van der Waals surface area contributed by atoms with Crippen LogP contribution in [0.25, 0.3) is 0 Å². The normalized spacial score (nSPS) is 24.6. The molecule has 0 saturated carbocycles. The van der Waals surface area contributed by atoms with Gasteiger partial charge in [0.2, 0.25) is 5.91 Å². The molecule has 1 N–H and O–H groups in total. The lowest BCUT2D eigenvalue weighted by molar-refractivity contribution is -0.125. The Labute approximate surface area is 123 Å². The van der Waals surface area contributed by atoms with Gasteiger partial charge in [-0.05, 0) is 37.7 Å². The Morgan fingerprint density at radius 3 is 3.14 bits per heavy atom. The zero-order chi connectivity index (χ0) is 14.8. The van der Waals surface area contributed by atoms with Crippen LogP contribution in [0, 0.1) is 5.92 Å². The van der Waals surface area contributed by atoms with Crippen LogP contribution in [-0.2, 0) is 29.4 Å². The van der Waals surface area contributed by atoms with E-state index in [1.165, 1.54) is 4.68 Å². The van der Waals surface area contributed by atoms with E-state index in [0.717, 1.165) is 43.5 Å². The summed E-state index contributed by atoms with van der Waals surface area (Å²) < 4.78 is 6.86. The Hall–Kier alpha value is -1.69. The largest absolute Gasteiger partial charge is 0.376 e. The Kier molecular flexibility index (Phi) is 4.05. The van der Waals surface area contributed by atoms with Gasteiger partial charge in [-0.15, -0.1) is 0 Å². The summed E-state index contributed by atoms with van der Waals surface area (Å²) in [5.41, 5.74) is 1.75. The predicted molar refractivity (Wildman–Crippen MR) is 77.0 cm³/mol. The van der Waals surface area contributed by atoms with E-state index in [0.29, 0.717) is 13.0 Å². The van der Waals surface area contributed by atoms with E-state index >= 15 is 0 Å². The molecular weight excluding hydrogens is 270 g/mol. The number of nitrogens with one attached hydrogen (secondary N) is 1. The quantitative estimate of drug-likeness (QED) is 0.862. The van der Waals surface area contributed by atoms with Crippen molar-refractivity contribution in [1.82, 2.24) is 15.1 Å². The van der Waals surface area contributed by atoms with Gasteiger partial charge in [0.25, 0.3) is 5.56 Å². The summed E-state index contributed by atoms with van der Waals surface area (Å²) >= 11 is 0. The number of rotatable bonds is 3. The Balaban J connectivity index is 1.61. The SMILES string of the molecule is Cn1nc2c(cc1=O)C[C@@H](C(=O)NC[C@@H]1CCCO1)CC2. The molecule has 1 aromatic heterocycles. The maximum Gasteiger partial charge on any atom is 0.266 e. The summed E-state index contributed by atoms with van der Waals surface area (Å²) in [7, 11) is 1.66. The summed E-state index contributed by atoms with van der Waals surface area (Å²) in [5, 5.41) is 7.25. The highest BCUT2D eigenvalue weighted by atomic mass is 16.5. The van der Waals surface area contributed by atoms with Crippen LogP contribution >= 0.6 is 0 Å². The van der Waals surface area contributed by atoms with Crippen LogP contribution in [0.1, 0.15) is 30.5 Å². The van der Waals surface area contributed by atoms with Crippen LogP contribution in [0.2, 0.25) is 0 Å². The minimum atomic E-state index is -0.117. The Morgan fingerprint density at radius 1 is 1.52 bits per heavy atom. The summed E-state index contributed by atoms with van der Waals surface area (Å²) in [6.45, 7) is 1.39. The van der Waals surface area contributed by atoms with Gasteiger partial charge in [-0.1, -0.05) is 0 Å². The minimum Gasteiger partial charge on any atom is -0.376 e. The highest BCUT2D eigenvalue weighted by molar-refractivity contribution is 5.79. The van der Waals surface area contributed by atoms with Gasteiger partial charge in [-0.3, -0.25) is 9.59 Å². The summed E-state index contributed by atoms with van der Waals surface area (Å²) in [6.07, 6.45) is 4.41. The van der Waals surface area contributed by atoms with E-state index in [1.54, 1.807) is 13.1 Å². The fraction of sp³-hybridized carbons (Fsp3) is 0.667. The average Bonchev–Trinajstić information content (AvgIpc) is 2.99. The highest BCUT2D eigenvalue weighted by Gasteiger charge is 2.27. The van der Waals surface area contributed by atoms with Crippen molar-refractivity contribution in [3.63, 3.8) is 0 Å². The fourth-order valence-electron chi connectivity index (χ4n) is 3.07. The summed E-state index contributed by atoms with van der Waals surface area (Å²) in [6, 6.07) is 1.61. The summed E-state index contributed by atoms with van der Waals surface area (Å²) in [5.74, 6) is 0.00429. The number of hydrogen-bond donors (Lipinski definition) is 1. The number of carbonyl (C=O) groups excluding carboxylic acids is 1. The van der Waals surface area contributed by atoms with E-state index in [-0.39, 0.29) is 23.5 Å². The van der Waals surface area contributed by atoms with Crippen molar-refractivity contribution in [2.24, 2.45) is 13.0 Å². The molecule has 0 bridgehead atoms. The molecule has 2 heterocycles. The molecule has 6 nitrogen and oxygen atoms in total. The van der Waals surface area contributed by atoms with Gasteiger partial charge in [0.15, 0.2) is 0 Å². The molecule has 1 aliphatic carbocycles. The lowest BCUT2D eigenvalue weighted by Gasteiger charge is -2.23. The molecule has 1 saturated heterocycles. The Morgan fingerprint density at radius 2 is 2.38 bits per heavy atom. The fourth-order valence-corrected chi connectivity index (χ4v) is 3.07. The second-order valence-electron chi connectivity index (χ2n) is 5.90. The third-order valence-corrected chi connectivity index (χ3v) is 4.35. The van der Waals surface area contributed by atoms with Crippen LogP contribution in [0.5, 0.6) is 0 Å². The Bertz CT molecular complexity index is 590. The molecule has 114 valence electrons. The molecule has 1 fully saturated rings. The van der Waals surface area contributed by atoms with E-state index in [2.05, 4.69) is 10.4 Å². The lowest BCUT2D eigenvalue weighted by Crippen LogP contribution is -2.39. The maximum absolute atomic E-state index is 12.2. The van der Waals surface area contributed by atoms with Crippen molar-refractivity contribution in [3.8, 4) is 0 Å². The molecule has 0 aromatic carbocycles. The molecule has 21 heavy (non-hydrogen) atoms. The van der Waals surface area contributed by atoms with Crippen molar-refractivity contribution in [2.75, 3.05) is 13.2 Å². The van der Waals surface area contributed by atoms with Crippen molar-refractivity contribution in [3.05, 3.63) is 27.7 Å². The molecule has 2 atom stereocenters. The number of aryl methyl sites for hydroxylation is 2. The van der Waals surface area contributed by atoms with Gasteiger partial charge < -0.3 is 10.1 Å². The smallest absolute Gasteiger partial charge is 0.266 e. The van der Waals surface area contributed by atoms with E-state index < -0.39 is 0 Å². The van der Waals surface area contributed by atoms with E-state index in [9.17, 15) is 9.59 Å². The zero-order valence-electron chi connectivity index (χ0n) is 12.3. The topological polar surface area (TPSA) is 73.2 Å². The number of carbonyl (C=O) groups is 1. The lowest BCUT2D eigenvalue weighted by atomic mass is 9.86. The second-order valence-corrected chi connectivity index (χ2v) is 5.90. The second kappa shape index (κ2) is 5.97. The molecule has 0 spiro atoms. The van der Waals surface area contributed by atoms with Crippen molar-refractivity contribution >= 4 is 5.91 Å². The first-order chi connectivity index (χ1) is 10.1. The van der Waals surface area contributed by atoms with Gasteiger partial charge in [0.1, 0.15) is 0 Å². The van der Waals surface area contributed by atoms with Crippen LogP contribution in [0.4, 0.5) is 0 Å². The molecule has 2 aliphatic rings. The number of nitrogens with zero attached hydrogens (tertiary/aromatic N) is 2. The van der Waals surface area contributed by atoms with Crippen LogP contribution in [0.3, 0.4) is 0 Å². The number of fused-ring (bicyclic) bond motifs is 1. The van der Waals surface area contributed by atoms with Gasteiger partial charge in [-0.25, -0.2) is 4.68 Å². The minimum absolute atomic E-state index is 0.0622. The zero-order valence-corrected chi connectivity index (χ0v) is 12.3. The van der Waals surface area contributed by atoms with Crippen molar-refractivity contribution in [2.45, 2.75) is 38.2 Å². The maximum atomic E-state index is 12.2. The van der Waals surface area contributed by atoms with Gasteiger partial charge in [0, 0.05) is 32.2 Å². The molecule has 1 aliphatic heterocycles. The highest BCUT2D eigenvalue weighted by Crippen LogP contribution is 2.23. The first-order valence-corrected chi connectivity index (χ1v) is 7.59. The van der Waals surface area contributed by atoms with Crippen molar-refractivity contribution < 1.29 is 9.53 Å². The third-order valence-electron chi connectivity index (χ3n) is 4.35. The third kappa shape index (κ3) is 3.15. The number of ether oxygens (including phenoxy) is 1. The first-order valence-electron chi connectivity index (χ1n) is 7.59. The predicted octanol–water partition coefficient (Wildman–Crippen LogP) is 0.180. The molecule has 0 unspecified atom stereocenters. The average molecular weight is 291 g/mol. The van der Waals surface area contributed by atoms with Crippen molar-refractivity contribution in [1.29, 1.82) is 0 Å². The van der Waals surface area contributed by atoms with Crippen LogP contribution < -0.4 is 10.9 Å². The van der Waals surface area contributed by atoms with Gasteiger partial charge in [0.05, 0.1) is 11.8 Å². The summed E-state index contributed by atoms with van der Waals surface area (Å²) in [4.78, 5) is 23.9. The van der Waals surface area contributed by atoms with Crippen LogP contribution in [-0.4, -0.2) is 34.9 Å². The van der Waals surface area contributed by atoms with Crippen LogP contribution in [0.15, 0.2) is 10.9 Å². The van der Waals surface area contributed by atoms with E-state index in [4.69, 9.17) is 4.74 Å². The number of hydrogen-bond acceptors (Lipinski definition) is 4. The molecule has 1 amide bonds. The molecule has 6 heteroatoms. The standard InChI is InChI=1S/C15H21N3O3/c1-18-14(19)8-11-7-10(4-5-13(11)17-18)15(20)16-9-12-3-2-6-21-12/h8,10,12H,2-7,9H2,1H3,(H,16,20)/t10-,12-/m0/s1. The first kappa shape index (κ1) is 14.3. The molecular formula is C15H21N3O3. The van der Waals surface area contributed by atoms with E-state index in [1.807, 2.05) is 0 Å². The molecule has 0 radical (unpaired) electrons. The number of amides is 1. The molecule has 3 rings (SSSR count). The monoisotopic (exact) mass is 291 g/mol. The molecule has 1 aromatic rings. The van der Waals surface area contributed by atoms with Gasteiger partial charge in [-0.2, -0.15) is 5.10 Å². The number of aromatic nitrogens is 2. The van der Waals surface area contributed by atoms with Gasteiger partial charge >= 0.3 is 0 Å².